The average molecular weight is 234 g/mol. The number of aromatic nitrogens is 3. The molecule has 1 aliphatic heterocycles. The molecule has 0 saturated carbocycles. The fraction of sp³-hybridized carbons (Fsp3) is 0.455. The number of thiophene rings is 1. The topological polar surface area (TPSA) is 53.6 Å². The van der Waals surface area contributed by atoms with Gasteiger partial charge in [-0.05, 0) is 37.8 Å². The molecule has 4 nitrogen and oxygen atoms in total. The van der Waals surface area contributed by atoms with Gasteiger partial charge >= 0.3 is 0 Å². The van der Waals surface area contributed by atoms with Gasteiger partial charge in [-0.25, -0.2) is 4.98 Å². The van der Waals surface area contributed by atoms with Crippen LogP contribution in [0.2, 0.25) is 0 Å². The summed E-state index contributed by atoms with van der Waals surface area (Å²) in [5.74, 6) is 1.76. The molecule has 0 aliphatic carbocycles. The lowest BCUT2D eigenvalue weighted by Crippen LogP contribution is -2.34. The molecule has 1 atom stereocenters. The molecule has 2 aromatic rings. The van der Waals surface area contributed by atoms with Crippen molar-refractivity contribution in [3.63, 3.8) is 0 Å². The van der Waals surface area contributed by atoms with Gasteiger partial charge in [0, 0.05) is 0 Å². The first-order valence-corrected chi connectivity index (χ1v) is 6.38. The average Bonchev–Trinajstić information content (AvgIpc) is 2.98. The Bertz CT molecular complexity index is 468. The number of hydrogen-bond donors (Lipinski definition) is 2. The van der Waals surface area contributed by atoms with Crippen LogP contribution in [0.4, 0.5) is 0 Å². The largest absolute Gasteiger partial charge is 0.305 e. The Morgan fingerprint density at radius 2 is 2.44 bits per heavy atom. The molecule has 0 aromatic carbocycles. The summed E-state index contributed by atoms with van der Waals surface area (Å²) in [5, 5.41) is 12.9. The molecule has 2 N–H and O–H groups in total. The maximum Gasteiger partial charge on any atom is 0.191 e. The fourth-order valence-electron chi connectivity index (χ4n) is 2.12. The van der Waals surface area contributed by atoms with Crippen molar-refractivity contribution in [1.82, 2.24) is 20.5 Å². The molecule has 2 aromatic heterocycles. The lowest BCUT2D eigenvalue weighted by molar-refractivity contribution is 0.408. The molecule has 3 heterocycles. The zero-order valence-electron chi connectivity index (χ0n) is 9.16. The molecule has 1 unspecified atom stereocenters. The molecule has 5 heteroatoms. The van der Waals surface area contributed by atoms with E-state index in [1.54, 1.807) is 11.3 Å². The van der Waals surface area contributed by atoms with E-state index in [0.29, 0.717) is 0 Å². The quantitative estimate of drug-likeness (QED) is 0.837. The zero-order chi connectivity index (χ0) is 11.0. The molecule has 1 aliphatic rings. The van der Waals surface area contributed by atoms with E-state index in [4.69, 9.17) is 0 Å². The summed E-state index contributed by atoms with van der Waals surface area (Å²) in [4.78, 5) is 5.70. The van der Waals surface area contributed by atoms with E-state index in [1.165, 1.54) is 6.42 Å². The van der Waals surface area contributed by atoms with E-state index in [-0.39, 0.29) is 5.54 Å². The Kier molecular flexibility index (Phi) is 2.29. The van der Waals surface area contributed by atoms with Gasteiger partial charge in [0.2, 0.25) is 0 Å². The predicted octanol–water partition coefficient (Wildman–Crippen LogP) is 2.13. The summed E-state index contributed by atoms with van der Waals surface area (Å²) in [6.45, 7) is 3.24. The smallest absolute Gasteiger partial charge is 0.191 e. The van der Waals surface area contributed by atoms with Crippen LogP contribution < -0.4 is 5.32 Å². The summed E-state index contributed by atoms with van der Waals surface area (Å²) in [5.41, 5.74) is -0.0253. The second-order valence-electron chi connectivity index (χ2n) is 4.35. The molecule has 0 bridgehead atoms. The van der Waals surface area contributed by atoms with Crippen LogP contribution in [0, 0.1) is 0 Å². The van der Waals surface area contributed by atoms with Crippen LogP contribution in [-0.2, 0) is 5.54 Å². The molecule has 84 valence electrons. The lowest BCUT2D eigenvalue weighted by Gasteiger charge is -2.20. The summed E-state index contributed by atoms with van der Waals surface area (Å²) >= 11 is 1.67. The molecule has 0 amide bonds. The maximum atomic E-state index is 4.59. The van der Waals surface area contributed by atoms with E-state index in [9.17, 15) is 0 Å². The molecule has 0 spiro atoms. The van der Waals surface area contributed by atoms with Gasteiger partial charge in [-0.15, -0.1) is 11.3 Å². The van der Waals surface area contributed by atoms with Crippen molar-refractivity contribution in [1.29, 1.82) is 0 Å². The third kappa shape index (κ3) is 1.56. The predicted molar refractivity (Wildman–Crippen MR) is 64.3 cm³/mol. The number of H-pyrrole nitrogens is 1. The Morgan fingerprint density at radius 1 is 1.50 bits per heavy atom. The third-order valence-electron chi connectivity index (χ3n) is 3.12. The maximum absolute atomic E-state index is 4.59. The summed E-state index contributed by atoms with van der Waals surface area (Å²) in [7, 11) is 0. The van der Waals surface area contributed by atoms with Crippen LogP contribution in [0.1, 0.15) is 25.6 Å². The monoisotopic (exact) mass is 234 g/mol. The highest BCUT2D eigenvalue weighted by atomic mass is 32.1. The van der Waals surface area contributed by atoms with Gasteiger partial charge in [0.25, 0.3) is 0 Å². The number of rotatable bonds is 2. The van der Waals surface area contributed by atoms with Gasteiger partial charge in [0.05, 0.1) is 10.4 Å². The van der Waals surface area contributed by atoms with Crippen molar-refractivity contribution in [3.05, 3.63) is 23.3 Å². The van der Waals surface area contributed by atoms with Crippen LogP contribution in [0.15, 0.2) is 17.5 Å². The molecule has 16 heavy (non-hydrogen) atoms. The van der Waals surface area contributed by atoms with Gasteiger partial charge in [0.15, 0.2) is 5.82 Å². The third-order valence-corrected chi connectivity index (χ3v) is 3.98. The summed E-state index contributed by atoms with van der Waals surface area (Å²) in [6, 6.07) is 4.06. The van der Waals surface area contributed by atoms with Crippen molar-refractivity contribution in [2.45, 2.75) is 25.3 Å². The van der Waals surface area contributed by atoms with Crippen LogP contribution in [0.3, 0.4) is 0 Å². The van der Waals surface area contributed by atoms with E-state index >= 15 is 0 Å². The van der Waals surface area contributed by atoms with E-state index in [1.807, 2.05) is 17.5 Å². The van der Waals surface area contributed by atoms with Gasteiger partial charge in [0.1, 0.15) is 5.82 Å². The first-order chi connectivity index (χ1) is 7.78. The van der Waals surface area contributed by atoms with Gasteiger partial charge < -0.3 is 5.32 Å². The molecule has 0 radical (unpaired) electrons. The zero-order valence-corrected chi connectivity index (χ0v) is 9.97. The normalized spacial score (nSPS) is 25.1. The molecular weight excluding hydrogens is 220 g/mol. The number of nitrogens with one attached hydrogen (secondary N) is 2. The highest BCUT2D eigenvalue weighted by Gasteiger charge is 2.33. The van der Waals surface area contributed by atoms with Gasteiger partial charge in [-0.3, -0.25) is 5.10 Å². The van der Waals surface area contributed by atoms with E-state index in [0.717, 1.165) is 29.5 Å². The van der Waals surface area contributed by atoms with Crippen molar-refractivity contribution in [3.8, 4) is 10.7 Å². The van der Waals surface area contributed by atoms with Crippen molar-refractivity contribution in [2.24, 2.45) is 0 Å². The second-order valence-corrected chi connectivity index (χ2v) is 5.30. The van der Waals surface area contributed by atoms with E-state index < -0.39 is 0 Å². The van der Waals surface area contributed by atoms with Crippen LogP contribution in [0.25, 0.3) is 10.7 Å². The van der Waals surface area contributed by atoms with Gasteiger partial charge in [-0.1, -0.05) is 6.07 Å². The second kappa shape index (κ2) is 3.68. The van der Waals surface area contributed by atoms with Crippen LogP contribution in [-0.4, -0.2) is 21.7 Å². The SMILES string of the molecule is CC1(c2nc(-c3cccs3)n[nH]2)CCCN1. The number of nitrogens with zero attached hydrogens (tertiary/aromatic N) is 2. The van der Waals surface area contributed by atoms with Crippen molar-refractivity contribution >= 4 is 11.3 Å². The van der Waals surface area contributed by atoms with Crippen LogP contribution >= 0.6 is 11.3 Å². The molecule has 3 rings (SSSR count). The van der Waals surface area contributed by atoms with E-state index in [2.05, 4.69) is 27.4 Å². The van der Waals surface area contributed by atoms with Crippen LogP contribution in [0.5, 0.6) is 0 Å². The highest BCUT2D eigenvalue weighted by Crippen LogP contribution is 2.29. The summed E-state index contributed by atoms with van der Waals surface area (Å²) in [6.07, 6.45) is 2.32. The van der Waals surface area contributed by atoms with Gasteiger partial charge in [-0.2, -0.15) is 5.10 Å². The lowest BCUT2D eigenvalue weighted by atomic mass is 10.00. The minimum absolute atomic E-state index is 0.0253. The number of aromatic amines is 1. The molecule has 1 saturated heterocycles. The minimum Gasteiger partial charge on any atom is -0.305 e. The Hall–Kier alpha value is -1.20. The number of hydrogen-bond acceptors (Lipinski definition) is 4. The molecular formula is C11H14N4S. The van der Waals surface area contributed by atoms with Crippen molar-refractivity contribution in [2.75, 3.05) is 6.54 Å². The first kappa shape index (κ1) is 9.99. The first-order valence-electron chi connectivity index (χ1n) is 5.50. The van der Waals surface area contributed by atoms with Crippen molar-refractivity contribution < 1.29 is 0 Å². The highest BCUT2D eigenvalue weighted by molar-refractivity contribution is 7.13. The Morgan fingerprint density at radius 3 is 3.12 bits per heavy atom. The Labute approximate surface area is 98.1 Å². The molecule has 1 fully saturated rings. The Balaban J connectivity index is 1.93. The standard InChI is InChI=1S/C11H14N4S/c1-11(5-3-6-12-11)10-13-9(14-15-10)8-4-2-7-16-8/h2,4,7,12H,3,5-6H2,1H3,(H,13,14,15). The summed E-state index contributed by atoms with van der Waals surface area (Å²) < 4.78 is 0. The fourth-order valence-corrected chi connectivity index (χ4v) is 2.78. The minimum atomic E-state index is -0.0253.